The lowest BCUT2D eigenvalue weighted by Crippen LogP contribution is -2.05. The van der Waals surface area contributed by atoms with Crippen LogP contribution in [0.1, 0.15) is 54.2 Å². The van der Waals surface area contributed by atoms with Crippen LogP contribution in [-0.4, -0.2) is 35.4 Å². The summed E-state index contributed by atoms with van der Waals surface area (Å²) in [6, 6.07) is 4.30. The molecular weight excluding hydrogens is 326 g/mol. The topological polar surface area (TPSA) is 98.3 Å². The Balaban J connectivity index is 1.43. The van der Waals surface area contributed by atoms with Crippen LogP contribution in [0.2, 0.25) is 0 Å². The first-order valence-electron chi connectivity index (χ1n) is 7.80. The molecule has 9 heteroatoms. The van der Waals surface area contributed by atoms with Crippen LogP contribution in [0.4, 0.5) is 0 Å². The van der Waals surface area contributed by atoms with Gasteiger partial charge in [0.25, 0.3) is 0 Å². The van der Waals surface area contributed by atoms with Gasteiger partial charge in [-0.2, -0.15) is 0 Å². The maximum Gasteiger partial charge on any atom is 0.209 e. The molecule has 3 aromatic rings. The number of aryl methyl sites for hydroxylation is 1. The van der Waals surface area contributed by atoms with E-state index in [0.29, 0.717) is 17.0 Å². The van der Waals surface area contributed by atoms with E-state index in [4.69, 9.17) is 4.42 Å². The van der Waals surface area contributed by atoms with Crippen LogP contribution in [-0.2, 0) is 0 Å². The van der Waals surface area contributed by atoms with Crippen molar-refractivity contribution in [3.8, 4) is 0 Å². The molecule has 0 saturated heterocycles. The molecule has 8 nitrogen and oxygen atoms in total. The largest absolute Gasteiger partial charge is 0.462 e. The van der Waals surface area contributed by atoms with E-state index < -0.39 is 0 Å². The minimum atomic E-state index is 0.0842. The molecule has 24 heavy (non-hydrogen) atoms. The Morgan fingerprint density at radius 2 is 2.25 bits per heavy atom. The van der Waals surface area contributed by atoms with Crippen LogP contribution in [0.25, 0.3) is 12.2 Å². The number of aromatic amines is 1. The highest BCUT2D eigenvalue weighted by atomic mass is 32.2. The highest BCUT2D eigenvalue weighted by molar-refractivity contribution is 7.99. The molecule has 124 valence electrons. The Kier molecular flexibility index (Phi) is 3.93. The number of hydrogen-bond acceptors (Lipinski definition) is 7. The van der Waals surface area contributed by atoms with Gasteiger partial charge < -0.3 is 4.42 Å². The van der Waals surface area contributed by atoms with E-state index in [-0.39, 0.29) is 5.25 Å². The van der Waals surface area contributed by atoms with E-state index in [1.165, 1.54) is 11.8 Å². The number of H-pyrrole nitrogens is 1. The number of aromatic nitrogens is 7. The molecule has 0 radical (unpaired) electrons. The van der Waals surface area contributed by atoms with Gasteiger partial charge in [0.05, 0.1) is 11.3 Å². The molecule has 0 spiro atoms. The molecule has 3 heterocycles. The van der Waals surface area contributed by atoms with Gasteiger partial charge in [-0.3, -0.25) is 5.10 Å². The maximum absolute atomic E-state index is 5.49. The van der Waals surface area contributed by atoms with Gasteiger partial charge in [-0.15, -0.1) is 10.2 Å². The smallest absolute Gasteiger partial charge is 0.209 e. The van der Waals surface area contributed by atoms with E-state index in [1.54, 1.807) is 0 Å². The summed E-state index contributed by atoms with van der Waals surface area (Å²) < 4.78 is 7.41. The van der Waals surface area contributed by atoms with E-state index >= 15 is 0 Å². The number of furan rings is 1. The molecule has 1 unspecified atom stereocenters. The monoisotopic (exact) mass is 343 g/mol. The SMILES string of the molecule is Cc1ccc(/C=C/c2nc(SC(C)c3nnnn3C3CC3)n[nH]2)o1. The zero-order chi connectivity index (χ0) is 16.5. The van der Waals surface area contributed by atoms with Crippen molar-refractivity contribution in [2.75, 3.05) is 0 Å². The van der Waals surface area contributed by atoms with Crippen molar-refractivity contribution in [2.24, 2.45) is 0 Å². The Bertz CT molecular complexity index is 861. The summed E-state index contributed by atoms with van der Waals surface area (Å²) in [7, 11) is 0. The lowest BCUT2D eigenvalue weighted by atomic mass is 10.4. The fourth-order valence-corrected chi connectivity index (χ4v) is 3.17. The Morgan fingerprint density at radius 3 is 3.00 bits per heavy atom. The summed E-state index contributed by atoms with van der Waals surface area (Å²) >= 11 is 1.53. The second kappa shape index (κ2) is 6.23. The normalized spacial score (nSPS) is 16.1. The van der Waals surface area contributed by atoms with Crippen molar-refractivity contribution in [1.82, 2.24) is 35.4 Å². The number of rotatable bonds is 6. The number of thioether (sulfide) groups is 1. The van der Waals surface area contributed by atoms with Gasteiger partial charge in [-0.25, -0.2) is 9.67 Å². The number of tetrazole rings is 1. The van der Waals surface area contributed by atoms with E-state index in [9.17, 15) is 0 Å². The van der Waals surface area contributed by atoms with Gasteiger partial charge in [0.15, 0.2) is 5.82 Å². The zero-order valence-electron chi connectivity index (χ0n) is 13.4. The molecule has 0 aliphatic heterocycles. The molecule has 1 saturated carbocycles. The predicted molar refractivity (Wildman–Crippen MR) is 89.1 cm³/mol. The summed E-state index contributed by atoms with van der Waals surface area (Å²) in [4.78, 5) is 4.46. The van der Waals surface area contributed by atoms with Crippen LogP contribution >= 0.6 is 11.8 Å². The number of nitrogens with one attached hydrogen (secondary N) is 1. The van der Waals surface area contributed by atoms with Crippen molar-refractivity contribution < 1.29 is 4.42 Å². The third-order valence-corrected chi connectivity index (χ3v) is 4.66. The molecule has 1 aliphatic carbocycles. The van der Waals surface area contributed by atoms with Crippen molar-refractivity contribution in [1.29, 1.82) is 0 Å². The molecule has 1 atom stereocenters. The number of hydrogen-bond donors (Lipinski definition) is 1. The molecule has 0 aromatic carbocycles. The Morgan fingerprint density at radius 1 is 1.38 bits per heavy atom. The third kappa shape index (κ3) is 3.25. The lowest BCUT2D eigenvalue weighted by molar-refractivity contribution is 0.525. The second-order valence-corrected chi connectivity index (χ2v) is 7.07. The molecule has 1 N–H and O–H groups in total. The maximum atomic E-state index is 5.49. The van der Waals surface area contributed by atoms with Gasteiger partial charge in [-0.05, 0) is 61.4 Å². The van der Waals surface area contributed by atoms with E-state index in [2.05, 4.69) is 37.6 Å². The number of nitrogens with zero attached hydrogens (tertiary/aromatic N) is 6. The van der Waals surface area contributed by atoms with Crippen LogP contribution in [0.3, 0.4) is 0 Å². The predicted octanol–water partition coefficient (Wildman–Crippen LogP) is 3.05. The van der Waals surface area contributed by atoms with Crippen LogP contribution in [0.15, 0.2) is 21.7 Å². The van der Waals surface area contributed by atoms with Crippen molar-refractivity contribution in [2.45, 2.75) is 43.1 Å². The zero-order valence-corrected chi connectivity index (χ0v) is 14.2. The van der Waals surface area contributed by atoms with Gasteiger partial charge in [0, 0.05) is 0 Å². The molecule has 1 aliphatic rings. The van der Waals surface area contributed by atoms with Crippen LogP contribution in [0, 0.1) is 6.92 Å². The summed E-state index contributed by atoms with van der Waals surface area (Å²) in [6.07, 6.45) is 6.00. The minimum absolute atomic E-state index is 0.0842. The van der Waals surface area contributed by atoms with Gasteiger partial charge in [-0.1, -0.05) is 11.8 Å². The fourth-order valence-electron chi connectivity index (χ4n) is 2.35. The molecule has 4 rings (SSSR count). The molecular formula is C15H17N7OS. The molecule has 3 aromatic heterocycles. The van der Waals surface area contributed by atoms with Crippen LogP contribution in [0.5, 0.6) is 0 Å². The first kappa shape index (κ1) is 15.1. The Hall–Kier alpha value is -2.42. The Labute approximate surface area is 142 Å². The van der Waals surface area contributed by atoms with E-state index in [0.717, 1.165) is 30.2 Å². The fraction of sp³-hybridized carbons (Fsp3) is 0.400. The summed E-state index contributed by atoms with van der Waals surface area (Å²) in [5.41, 5.74) is 0. The third-order valence-electron chi connectivity index (χ3n) is 3.71. The lowest BCUT2D eigenvalue weighted by Gasteiger charge is -2.08. The van der Waals surface area contributed by atoms with Crippen molar-refractivity contribution in [3.63, 3.8) is 0 Å². The van der Waals surface area contributed by atoms with Gasteiger partial charge >= 0.3 is 0 Å². The quantitative estimate of drug-likeness (QED) is 0.687. The summed E-state index contributed by atoms with van der Waals surface area (Å²) in [5.74, 6) is 3.22. The molecule has 0 amide bonds. The van der Waals surface area contributed by atoms with Gasteiger partial charge in [0.2, 0.25) is 5.16 Å². The summed E-state index contributed by atoms with van der Waals surface area (Å²) in [6.45, 7) is 3.98. The second-order valence-electron chi connectivity index (χ2n) is 5.76. The average Bonchev–Trinajstić information content (AvgIpc) is 2.98. The first-order valence-corrected chi connectivity index (χ1v) is 8.68. The van der Waals surface area contributed by atoms with Crippen LogP contribution < -0.4 is 0 Å². The summed E-state index contributed by atoms with van der Waals surface area (Å²) in [5, 5.41) is 19.9. The highest BCUT2D eigenvalue weighted by Gasteiger charge is 2.30. The van der Waals surface area contributed by atoms with Crippen molar-refractivity contribution in [3.05, 3.63) is 35.3 Å². The van der Waals surface area contributed by atoms with Crippen molar-refractivity contribution >= 4 is 23.9 Å². The molecule has 0 bridgehead atoms. The first-order chi connectivity index (χ1) is 11.7. The standard InChI is InChI=1S/C15H17N7OS/c1-9-3-6-12(23-9)7-8-13-16-15(19-17-13)24-10(2)14-18-20-21-22(14)11-4-5-11/h3,6-8,10-11H,4-5H2,1-2H3,(H,16,17,19)/b8-7+. The average molecular weight is 343 g/mol. The van der Waals surface area contributed by atoms with Gasteiger partial charge in [0.1, 0.15) is 17.3 Å². The van der Waals surface area contributed by atoms with E-state index in [1.807, 2.05) is 35.9 Å². The molecule has 1 fully saturated rings. The highest BCUT2D eigenvalue weighted by Crippen LogP contribution is 2.38. The minimum Gasteiger partial charge on any atom is -0.462 e.